The van der Waals surface area contributed by atoms with E-state index >= 15 is 0 Å². The highest BCUT2D eigenvalue weighted by atomic mass is 19.1. The Morgan fingerprint density at radius 2 is 2.00 bits per heavy atom. The molecule has 0 spiro atoms. The van der Waals surface area contributed by atoms with Crippen LogP contribution in [0.1, 0.15) is 23.6 Å². The van der Waals surface area contributed by atoms with E-state index in [-0.39, 0.29) is 11.9 Å². The first-order valence-corrected chi connectivity index (χ1v) is 4.52. The molecule has 0 heterocycles. The number of benzene rings is 1. The van der Waals surface area contributed by atoms with E-state index < -0.39 is 0 Å². The largest absolute Gasteiger partial charge is 0.328 e. The molecule has 0 bridgehead atoms. The molecule has 0 fully saturated rings. The van der Waals surface area contributed by atoms with Crippen LogP contribution in [0.3, 0.4) is 0 Å². The van der Waals surface area contributed by atoms with E-state index in [1.807, 2.05) is 13.0 Å². The fraction of sp³-hybridized carbons (Fsp3) is 0.455. The lowest BCUT2D eigenvalue weighted by molar-refractivity contribution is 0.603. The minimum atomic E-state index is -0.0989. The fourth-order valence-corrected chi connectivity index (χ4v) is 1.43. The maximum Gasteiger partial charge on any atom is 0.129 e. The quantitative estimate of drug-likeness (QED) is 0.744. The monoisotopic (exact) mass is 181 g/mol. The van der Waals surface area contributed by atoms with Gasteiger partial charge >= 0.3 is 0 Å². The van der Waals surface area contributed by atoms with Crippen LogP contribution < -0.4 is 5.73 Å². The minimum Gasteiger partial charge on any atom is -0.328 e. The summed E-state index contributed by atoms with van der Waals surface area (Å²) < 4.78 is 13.4. The van der Waals surface area contributed by atoms with Crippen LogP contribution in [0.2, 0.25) is 0 Å². The van der Waals surface area contributed by atoms with Gasteiger partial charge in [0.2, 0.25) is 0 Å². The predicted octanol–water partition coefficient (Wildman–Crippen LogP) is 2.33. The molecule has 1 aromatic carbocycles. The zero-order valence-electron chi connectivity index (χ0n) is 8.39. The second-order valence-corrected chi connectivity index (χ2v) is 3.66. The van der Waals surface area contributed by atoms with Gasteiger partial charge in [0.15, 0.2) is 0 Å². The van der Waals surface area contributed by atoms with Crippen LogP contribution in [0.25, 0.3) is 0 Å². The average Bonchev–Trinajstić information content (AvgIpc) is 2.06. The Hall–Kier alpha value is -0.890. The van der Waals surface area contributed by atoms with Crippen LogP contribution in [0.4, 0.5) is 4.39 Å². The van der Waals surface area contributed by atoms with Crippen LogP contribution in [-0.2, 0) is 6.42 Å². The summed E-state index contributed by atoms with van der Waals surface area (Å²) >= 11 is 0. The maximum atomic E-state index is 13.4. The Morgan fingerprint density at radius 1 is 1.38 bits per heavy atom. The summed E-state index contributed by atoms with van der Waals surface area (Å²) in [7, 11) is 0. The Bertz CT molecular complexity index is 305. The lowest BCUT2D eigenvalue weighted by Crippen LogP contribution is -2.18. The van der Waals surface area contributed by atoms with Gasteiger partial charge in [-0.1, -0.05) is 12.1 Å². The van der Waals surface area contributed by atoms with Crippen LogP contribution in [0.5, 0.6) is 0 Å². The van der Waals surface area contributed by atoms with Crippen molar-refractivity contribution in [2.45, 2.75) is 33.2 Å². The van der Waals surface area contributed by atoms with Gasteiger partial charge in [-0.2, -0.15) is 0 Å². The third-order valence-corrected chi connectivity index (χ3v) is 2.23. The Balaban J connectivity index is 3.04. The fourth-order valence-electron chi connectivity index (χ4n) is 1.43. The van der Waals surface area contributed by atoms with Crippen LogP contribution in [0, 0.1) is 19.7 Å². The summed E-state index contributed by atoms with van der Waals surface area (Å²) in [5.74, 6) is -0.0989. The maximum absolute atomic E-state index is 13.4. The SMILES string of the molecule is Cc1ccc(CC(C)N)c(C)c1F. The number of nitrogens with two attached hydrogens (primary N) is 1. The van der Waals surface area contributed by atoms with Gasteiger partial charge < -0.3 is 5.73 Å². The van der Waals surface area contributed by atoms with Gasteiger partial charge in [-0.05, 0) is 43.9 Å². The van der Waals surface area contributed by atoms with Gasteiger partial charge in [-0.15, -0.1) is 0 Å². The molecule has 0 saturated carbocycles. The molecule has 13 heavy (non-hydrogen) atoms. The van der Waals surface area contributed by atoms with Crippen molar-refractivity contribution in [1.82, 2.24) is 0 Å². The van der Waals surface area contributed by atoms with Crippen molar-refractivity contribution in [2.75, 3.05) is 0 Å². The van der Waals surface area contributed by atoms with Crippen LogP contribution in [0.15, 0.2) is 12.1 Å². The first kappa shape index (κ1) is 10.2. The van der Waals surface area contributed by atoms with Crippen molar-refractivity contribution in [3.8, 4) is 0 Å². The summed E-state index contributed by atoms with van der Waals surface area (Å²) in [5, 5.41) is 0. The van der Waals surface area contributed by atoms with E-state index in [9.17, 15) is 4.39 Å². The summed E-state index contributed by atoms with van der Waals surface area (Å²) in [4.78, 5) is 0. The van der Waals surface area contributed by atoms with Crippen molar-refractivity contribution in [3.05, 3.63) is 34.6 Å². The van der Waals surface area contributed by atoms with E-state index in [0.29, 0.717) is 5.56 Å². The molecule has 0 aliphatic carbocycles. The number of halogens is 1. The topological polar surface area (TPSA) is 26.0 Å². The summed E-state index contributed by atoms with van der Waals surface area (Å²) in [6.45, 7) is 5.51. The van der Waals surface area contributed by atoms with Crippen molar-refractivity contribution >= 4 is 0 Å². The highest BCUT2D eigenvalue weighted by Gasteiger charge is 2.07. The molecule has 0 aliphatic heterocycles. The van der Waals surface area contributed by atoms with Crippen molar-refractivity contribution in [3.63, 3.8) is 0 Å². The zero-order chi connectivity index (χ0) is 10.0. The molecule has 0 aliphatic rings. The third kappa shape index (κ3) is 2.28. The second kappa shape index (κ2) is 3.88. The van der Waals surface area contributed by atoms with Gasteiger partial charge in [-0.25, -0.2) is 4.39 Å². The molecule has 0 radical (unpaired) electrons. The Kier molecular flexibility index (Phi) is 3.04. The lowest BCUT2D eigenvalue weighted by atomic mass is 9.99. The molecular weight excluding hydrogens is 165 g/mol. The standard InChI is InChI=1S/C11H16FN/c1-7-4-5-10(6-8(2)13)9(3)11(7)12/h4-5,8H,6,13H2,1-3H3. The third-order valence-electron chi connectivity index (χ3n) is 2.23. The van der Waals surface area contributed by atoms with Crippen LogP contribution in [-0.4, -0.2) is 6.04 Å². The molecule has 1 nitrogen and oxygen atoms in total. The number of aryl methyl sites for hydroxylation is 1. The van der Waals surface area contributed by atoms with E-state index in [4.69, 9.17) is 5.73 Å². The Labute approximate surface area is 78.8 Å². The Morgan fingerprint density at radius 3 is 2.54 bits per heavy atom. The van der Waals surface area contributed by atoms with E-state index in [2.05, 4.69) is 0 Å². The number of rotatable bonds is 2. The molecule has 1 aromatic rings. The molecule has 2 heteroatoms. The first-order valence-electron chi connectivity index (χ1n) is 4.52. The zero-order valence-corrected chi connectivity index (χ0v) is 8.39. The lowest BCUT2D eigenvalue weighted by Gasteiger charge is -2.10. The van der Waals surface area contributed by atoms with Crippen LogP contribution >= 0.6 is 0 Å². The number of hydrogen-bond acceptors (Lipinski definition) is 1. The molecule has 0 amide bonds. The molecule has 1 unspecified atom stereocenters. The van der Waals surface area contributed by atoms with Gasteiger partial charge in [0.05, 0.1) is 0 Å². The van der Waals surface area contributed by atoms with Gasteiger partial charge in [0.25, 0.3) is 0 Å². The van der Waals surface area contributed by atoms with Crippen molar-refractivity contribution in [1.29, 1.82) is 0 Å². The van der Waals surface area contributed by atoms with Gasteiger partial charge in [0, 0.05) is 6.04 Å². The summed E-state index contributed by atoms with van der Waals surface area (Å²) in [6, 6.07) is 3.85. The second-order valence-electron chi connectivity index (χ2n) is 3.66. The molecule has 1 atom stereocenters. The minimum absolute atomic E-state index is 0.0841. The summed E-state index contributed by atoms with van der Waals surface area (Å²) in [5.41, 5.74) is 8.10. The molecule has 72 valence electrons. The van der Waals surface area contributed by atoms with E-state index in [0.717, 1.165) is 17.5 Å². The number of hydrogen-bond donors (Lipinski definition) is 1. The van der Waals surface area contributed by atoms with Crippen molar-refractivity contribution < 1.29 is 4.39 Å². The first-order chi connectivity index (χ1) is 6.02. The van der Waals surface area contributed by atoms with Crippen molar-refractivity contribution in [2.24, 2.45) is 5.73 Å². The molecule has 0 saturated heterocycles. The highest BCUT2D eigenvalue weighted by Crippen LogP contribution is 2.17. The van der Waals surface area contributed by atoms with Gasteiger partial charge in [0.1, 0.15) is 5.82 Å². The van der Waals surface area contributed by atoms with Gasteiger partial charge in [-0.3, -0.25) is 0 Å². The predicted molar refractivity (Wildman–Crippen MR) is 53.2 cm³/mol. The highest BCUT2D eigenvalue weighted by molar-refractivity contribution is 5.32. The summed E-state index contributed by atoms with van der Waals surface area (Å²) in [6.07, 6.45) is 0.739. The van der Waals surface area contributed by atoms with E-state index in [1.165, 1.54) is 0 Å². The normalized spacial score (nSPS) is 13.0. The molecular formula is C11H16FN. The molecule has 1 rings (SSSR count). The average molecular weight is 181 g/mol. The smallest absolute Gasteiger partial charge is 0.129 e. The molecule has 2 N–H and O–H groups in total. The molecule has 0 aromatic heterocycles. The van der Waals surface area contributed by atoms with E-state index in [1.54, 1.807) is 19.9 Å².